The Hall–Kier alpha value is -1.06. The van der Waals surface area contributed by atoms with E-state index in [2.05, 4.69) is 34.9 Å². The molecular formula is C14H20N2O. The van der Waals surface area contributed by atoms with Gasteiger partial charge in [0.05, 0.1) is 5.60 Å². The summed E-state index contributed by atoms with van der Waals surface area (Å²) < 4.78 is 0. The fourth-order valence-corrected chi connectivity index (χ4v) is 3.09. The van der Waals surface area contributed by atoms with Gasteiger partial charge in [-0.3, -0.25) is 0 Å². The fraction of sp³-hybridized carbons (Fsp3) is 0.571. The first kappa shape index (κ1) is 11.1. The standard InChI is InChI=1S/C14H20N2O/c17-14(5-7-15-8-6-14)12-9-11-3-1-2-4-13(11)16-10-12/h1-4,12,15-17H,5-10H2. The normalized spacial score (nSPS) is 27.0. The number of aliphatic hydroxyl groups is 1. The molecule has 0 aliphatic carbocycles. The average Bonchev–Trinajstić information content (AvgIpc) is 2.39. The second kappa shape index (κ2) is 4.31. The summed E-state index contributed by atoms with van der Waals surface area (Å²) >= 11 is 0. The average molecular weight is 232 g/mol. The molecule has 3 N–H and O–H groups in total. The van der Waals surface area contributed by atoms with Gasteiger partial charge in [-0.15, -0.1) is 0 Å². The Balaban J connectivity index is 1.79. The molecule has 1 aromatic carbocycles. The molecule has 2 aliphatic heterocycles. The Morgan fingerprint density at radius 1 is 1.18 bits per heavy atom. The highest BCUT2D eigenvalue weighted by Gasteiger charge is 2.39. The van der Waals surface area contributed by atoms with E-state index in [1.165, 1.54) is 11.3 Å². The van der Waals surface area contributed by atoms with Crippen molar-refractivity contribution in [1.29, 1.82) is 0 Å². The summed E-state index contributed by atoms with van der Waals surface area (Å²) in [6.07, 6.45) is 2.75. The summed E-state index contributed by atoms with van der Waals surface area (Å²) in [4.78, 5) is 0. The molecule has 0 bridgehead atoms. The number of rotatable bonds is 1. The lowest BCUT2D eigenvalue weighted by molar-refractivity contribution is -0.0400. The quantitative estimate of drug-likeness (QED) is 0.685. The van der Waals surface area contributed by atoms with E-state index in [0.717, 1.165) is 38.9 Å². The Morgan fingerprint density at radius 2 is 1.94 bits per heavy atom. The molecule has 1 aromatic rings. The Kier molecular flexibility index (Phi) is 2.81. The Morgan fingerprint density at radius 3 is 2.76 bits per heavy atom. The second-order valence-electron chi connectivity index (χ2n) is 5.29. The number of piperidine rings is 1. The van der Waals surface area contributed by atoms with Gasteiger partial charge >= 0.3 is 0 Å². The molecule has 3 rings (SSSR count). The third-order valence-electron chi connectivity index (χ3n) is 4.25. The maximum absolute atomic E-state index is 10.7. The highest BCUT2D eigenvalue weighted by Crippen LogP contribution is 2.34. The minimum absolute atomic E-state index is 0.347. The van der Waals surface area contributed by atoms with E-state index in [-0.39, 0.29) is 0 Å². The number of fused-ring (bicyclic) bond motifs is 1. The first-order chi connectivity index (χ1) is 8.28. The van der Waals surface area contributed by atoms with Crippen LogP contribution in [0.1, 0.15) is 18.4 Å². The molecule has 2 aliphatic rings. The van der Waals surface area contributed by atoms with Gasteiger partial charge in [-0.2, -0.15) is 0 Å². The van der Waals surface area contributed by atoms with Crippen LogP contribution >= 0.6 is 0 Å². The van der Waals surface area contributed by atoms with Crippen LogP contribution in [0.25, 0.3) is 0 Å². The zero-order chi connectivity index (χ0) is 11.7. The van der Waals surface area contributed by atoms with Crippen molar-refractivity contribution in [3.63, 3.8) is 0 Å². The summed E-state index contributed by atoms with van der Waals surface area (Å²) in [5.41, 5.74) is 2.10. The van der Waals surface area contributed by atoms with E-state index in [1.54, 1.807) is 0 Å². The predicted molar refractivity (Wildman–Crippen MR) is 69.2 cm³/mol. The molecule has 3 nitrogen and oxygen atoms in total. The fourth-order valence-electron chi connectivity index (χ4n) is 3.09. The summed E-state index contributed by atoms with van der Waals surface area (Å²) in [6, 6.07) is 8.43. The van der Waals surface area contributed by atoms with Crippen LogP contribution in [-0.4, -0.2) is 30.3 Å². The van der Waals surface area contributed by atoms with Gasteiger partial charge in [0.2, 0.25) is 0 Å². The smallest absolute Gasteiger partial charge is 0.0719 e. The molecule has 2 heterocycles. The SMILES string of the molecule is OC1(C2CNc3ccccc3C2)CCNCC1. The van der Waals surface area contributed by atoms with Crippen LogP contribution in [-0.2, 0) is 6.42 Å². The van der Waals surface area contributed by atoms with Gasteiger partial charge in [-0.1, -0.05) is 18.2 Å². The van der Waals surface area contributed by atoms with Crippen molar-refractivity contribution in [3.05, 3.63) is 29.8 Å². The number of hydrogen-bond acceptors (Lipinski definition) is 3. The lowest BCUT2D eigenvalue weighted by Crippen LogP contribution is -2.51. The molecule has 1 atom stereocenters. The van der Waals surface area contributed by atoms with Crippen LogP contribution < -0.4 is 10.6 Å². The molecule has 92 valence electrons. The molecule has 3 heteroatoms. The topological polar surface area (TPSA) is 44.3 Å². The minimum Gasteiger partial charge on any atom is -0.389 e. The first-order valence-corrected chi connectivity index (χ1v) is 6.53. The molecule has 0 saturated carbocycles. The Labute approximate surface area is 102 Å². The maximum atomic E-state index is 10.7. The van der Waals surface area contributed by atoms with Crippen LogP contribution in [0, 0.1) is 5.92 Å². The summed E-state index contributed by atoms with van der Waals surface area (Å²) in [5, 5.41) is 17.5. The van der Waals surface area contributed by atoms with E-state index in [0.29, 0.717) is 5.92 Å². The largest absolute Gasteiger partial charge is 0.389 e. The summed E-state index contributed by atoms with van der Waals surface area (Å²) in [7, 11) is 0. The van der Waals surface area contributed by atoms with Crippen molar-refractivity contribution in [2.45, 2.75) is 24.9 Å². The lowest BCUT2D eigenvalue weighted by atomic mass is 9.75. The molecule has 0 amide bonds. The van der Waals surface area contributed by atoms with Gasteiger partial charge in [-0.05, 0) is 44.0 Å². The van der Waals surface area contributed by atoms with Crippen LogP contribution in [0.4, 0.5) is 5.69 Å². The summed E-state index contributed by atoms with van der Waals surface area (Å²) in [6.45, 7) is 2.77. The van der Waals surface area contributed by atoms with Crippen LogP contribution in [0.3, 0.4) is 0 Å². The third kappa shape index (κ3) is 2.05. The van der Waals surface area contributed by atoms with E-state index in [4.69, 9.17) is 0 Å². The zero-order valence-corrected chi connectivity index (χ0v) is 10.1. The number of hydrogen-bond donors (Lipinski definition) is 3. The van der Waals surface area contributed by atoms with Gasteiger partial charge in [0, 0.05) is 18.2 Å². The molecule has 0 spiro atoms. The molecule has 1 unspecified atom stereocenters. The first-order valence-electron chi connectivity index (χ1n) is 6.53. The van der Waals surface area contributed by atoms with Crippen LogP contribution in [0.2, 0.25) is 0 Å². The van der Waals surface area contributed by atoms with Gasteiger partial charge in [0.15, 0.2) is 0 Å². The molecule has 17 heavy (non-hydrogen) atoms. The van der Waals surface area contributed by atoms with Crippen molar-refractivity contribution in [2.24, 2.45) is 5.92 Å². The highest BCUT2D eigenvalue weighted by atomic mass is 16.3. The van der Waals surface area contributed by atoms with Crippen LogP contribution in [0.5, 0.6) is 0 Å². The number of benzene rings is 1. The molecule has 0 radical (unpaired) electrons. The van der Waals surface area contributed by atoms with Crippen molar-refractivity contribution in [3.8, 4) is 0 Å². The van der Waals surface area contributed by atoms with Crippen molar-refractivity contribution < 1.29 is 5.11 Å². The van der Waals surface area contributed by atoms with E-state index < -0.39 is 5.60 Å². The molecular weight excluding hydrogens is 212 g/mol. The number of anilines is 1. The molecule has 1 saturated heterocycles. The third-order valence-corrected chi connectivity index (χ3v) is 4.25. The van der Waals surface area contributed by atoms with Crippen LogP contribution in [0.15, 0.2) is 24.3 Å². The van der Waals surface area contributed by atoms with Gasteiger partial charge < -0.3 is 15.7 Å². The predicted octanol–water partition coefficient (Wildman–Crippen LogP) is 1.39. The van der Waals surface area contributed by atoms with E-state index >= 15 is 0 Å². The van der Waals surface area contributed by atoms with Crippen molar-refractivity contribution in [1.82, 2.24) is 5.32 Å². The summed E-state index contributed by atoms with van der Waals surface area (Å²) in [5.74, 6) is 0.347. The molecule has 1 fully saturated rings. The monoisotopic (exact) mass is 232 g/mol. The van der Waals surface area contributed by atoms with Crippen molar-refractivity contribution >= 4 is 5.69 Å². The van der Waals surface area contributed by atoms with Gasteiger partial charge in [0.25, 0.3) is 0 Å². The molecule has 0 aromatic heterocycles. The second-order valence-corrected chi connectivity index (χ2v) is 5.29. The van der Waals surface area contributed by atoms with Gasteiger partial charge in [-0.25, -0.2) is 0 Å². The van der Waals surface area contributed by atoms with Crippen molar-refractivity contribution in [2.75, 3.05) is 25.0 Å². The van der Waals surface area contributed by atoms with Gasteiger partial charge in [0.1, 0.15) is 0 Å². The number of nitrogens with one attached hydrogen (secondary N) is 2. The maximum Gasteiger partial charge on any atom is 0.0719 e. The highest BCUT2D eigenvalue weighted by molar-refractivity contribution is 5.53. The number of para-hydroxylation sites is 1. The zero-order valence-electron chi connectivity index (χ0n) is 10.1. The van der Waals surface area contributed by atoms with E-state index in [9.17, 15) is 5.11 Å². The Bertz CT molecular complexity index is 399. The minimum atomic E-state index is -0.480. The lowest BCUT2D eigenvalue weighted by Gasteiger charge is -2.42. The van der Waals surface area contributed by atoms with E-state index in [1.807, 2.05) is 0 Å².